The molecule has 1 atom stereocenters. The van der Waals surface area contributed by atoms with Crippen molar-refractivity contribution in [3.8, 4) is 11.5 Å². The molecule has 0 spiro atoms. The van der Waals surface area contributed by atoms with E-state index in [4.69, 9.17) is 21.1 Å². The van der Waals surface area contributed by atoms with E-state index < -0.39 is 6.04 Å². The van der Waals surface area contributed by atoms with Crippen LogP contribution in [0.5, 0.6) is 11.5 Å². The van der Waals surface area contributed by atoms with Crippen molar-refractivity contribution in [2.75, 3.05) is 20.1 Å². The highest BCUT2D eigenvalue weighted by atomic mass is 35.5. The lowest BCUT2D eigenvalue weighted by molar-refractivity contribution is -0.140. The third-order valence-electron chi connectivity index (χ3n) is 5.96. The Morgan fingerprint density at radius 1 is 1.14 bits per heavy atom. The number of carbonyl (C=O) groups excluding carboxylic acids is 2. The molecule has 0 radical (unpaired) electrons. The quantitative estimate of drug-likeness (QED) is 0.649. The van der Waals surface area contributed by atoms with Gasteiger partial charge in [0.25, 0.3) is 0 Å². The van der Waals surface area contributed by atoms with E-state index in [1.54, 1.807) is 25.2 Å². The lowest BCUT2D eigenvalue weighted by Gasteiger charge is -2.34. The highest BCUT2D eigenvalue weighted by Crippen LogP contribution is 2.41. The second-order valence-electron chi connectivity index (χ2n) is 8.12. The predicted molar refractivity (Wildman–Crippen MR) is 112 cm³/mol. The van der Waals surface area contributed by atoms with Gasteiger partial charge in [-0.2, -0.15) is 0 Å². The number of alkyl halides is 1. The second-order valence-corrected chi connectivity index (χ2v) is 8.38. The summed E-state index contributed by atoms with van der Waals surface area (Å²) in [6.07, 6.45) is 5.87. The number of hydrogen-bond donors (Lipinski definition) is 1. The molecule has 2 fully saturated rings. The van der Waals surface area contributed by atoms with Crippen LogP contribution in [0.2, 0.25) is 0 Å². The molecule has 1 N–H and O–H groups in total. The molecule has 0 aliphatic heterocycles. The van der Waals surface area contributed by atoms with Crippen molar-refractivity contribution in [1.82, 2.24) is 10.2 Å². The van der Waals surface area contributed by atoms with Gasteiger partial charge < -0.3 is 19.7 Å². The van der Waals surface area contributed by atoms with E-state index in [-0.39, 0.29) is 29.8 Å². The maximum atomic E-state index is 13.5. The van der Waals surface area contributed by atoms with Crippen LogP contribution in [0.25, 0.3) is 0 Å². The number of amides is 2. The number of methoxy groups -OCH3 is 2. The van der Waals surface area contributed by atoms with E-state index in [9.17, 15) is 9.59 Å². The number of halogens is 1. The zero-order valence-corrected chi connectivity index (χ0v) is 18.2. The Labute approximate surface area is 177 Å². The Morgan fingerprint density at radius 2 is 1.83 bits per heavy atom. The van der Waals surface area contributed by atoms with Gasteiger partial charge in [0.05, 0.1) is 14.2 Å². The molecule has 1 aromatic carbocycles. The van der Waals surface area contributed by atoms with Gasteiger partial charge in [-0.1, -0.05) is 19.1 Å². The van der Waals surface area contributed by atoms with Gasteiger partial charge in [-0.3, -0.25) is 9.59 Å². The molecule has 2 aliphatic carbocycles. The summed E-state index contributed by atoms with van der Waals surface area (Å²) < 4.78 is 11.0. The molecule has 7 heteroatoms. The molecule has 160 valence electrons. The van der Waals surface area contributed by atoms with Gasteiger partial charge in [0.1, 0.15) is 11.9 Å². The fourth-order valence-electron chi connectivity index (χ4n) is 4.21. The Bertz CT molecular complexity index is 730. The predicted octanol–water partition coefficient (Wildman–Crippen LogP) is 3.67. The van der Waals surface area contributed by atoms with E-state index in [1.165, 1.54) is 0 Å². The maximum Gasteiger partial charge on any atom is 0.247 e. The van der Waals surface area contributed by atoms with Crippen LogP contribution in [0.15, 0.2) is 18.2 Å². The summed E-state index contributed by atoms with van der Waals surface area (Å²) >= 11 is 5.92. The lowest BCUT2D eigenvalue weighted by atomic mass is 9.87. The third-order valence-corrected chi connectivity index (χ3v) is 6.19. The minimum atomic E-state index is -0.793. The fourth-order valence-corrected chi connectivity index (χ4v) is 4.35. The monoisotopic (exact) mass is 422 g/mol. The van der Waals surface area contributed by atoms with Gasteiger partial charge in [-0.25, -0.2) is 0 Å². The Hall–Kier alpha value is -1.95. The summed E-state index contributed by atoms with van der Waals surface area (Å²) in [7, 11) is 3.10. The number of ether oxygens (including phenoxy) is 2. The summed E-state index contributed by atoms with van der Waals surface area (Å²) in [5.41, 5.74) is 0.624. The molecule has 2 amide bonds. The average Bonchev–Trinajstić information content (AvgIpc) is 3.57. The summed E-state index contributed by atoms with van der Waals surface area (Å²) in [5.74, 6) is 1.12. The van der Waals surface area contributed by atoms with E-state index in [0.717, 1.165) is 38.5 Å². The number of hydrogen-bond acceptors (Lipinski definition) is 4. The van der Waals surface area contributed by atoms with Crippen molar-refractivity contribution in [2.24, 2.45) is 5.92 Å². The highest BCUT2D eigenvalue weighted by molar-refractivity contribution is 6.27. The van der Waals surface area contributed by atoms with Crippen LogP contribution in [-0.2, 0) is 9.59 Å². The lowest BCUT2D eigenvalue weighted by Crippen LogP contribution is -2.48. The molecule has 0 saturated heterocycles. The molecule has 0 aromatic heterocycles. The number of rotatable bonds is 8. The Kier molecular flexibility index (Phi) is 7.28. The minimum Gasteiger partial charge on any atom is -0.493 e. The molecular weight excluding hydrogens is 392 g/mol. The van der Waals surface area contributed by atoms with Crippen LogP contribution in [-0.4, -0.2) is 48.9 Å². The zero-order chi connectivity index (χ0) is 21.0. The first-order chi connectivity index (χ1) is 14.0. The van der Waals surface area contributed by atoms with Crippen LogP contribution in [0.1, 0.15) is 57.1 Å². The Morgan fingerprint density at radius 3 is 2.38 bits per heavy atom. The Balaban J connectivity index is 1.96. The number of para-hydroxylation sites is 1. The summed E-state index contributed by atoms with van der Waals surface area (Å²) in [6.45, 7) is 2.25. The third kappa shape index (κ3) is 4.97. The number of benzene rings is 1. The van der Waals surface area contributed by atoms with E-state index in [0.29, 0.717) is 23.0 Å². The molecule has 0 heterocycles. The minimum absolute atomic E-state index is 0.0271. The van der Waals surface area contributed by atoms with Crippen LogP contribution in [0, 0.1) is 5.92 Å². The van der Waals surface area contributed by atoms with Gasteiger partial charge in [-0.15, -0.1) is 11.6 Å². The molecule has 0 bridgehead atoms. The van der Waals surface area contributed by atoms with Crippen molar-refractivity contribution in [3.05, 3.63) is 23.8 Å². The highest BCUT2D eigenvalue weighted by Gasteiger charge is 2.43. The molecule has 29 heavy (non-hydrogen) atoms. The van der Waals surface area contributed by atoms with E-state index in [1.807, 2.05) is 12.1 Å². The SMILES string of the molecule is COc1cccc([C@@H](C(=O)NC2CCC(C)CC2)N(C(=O)CCl)C2CC2)c1OC. The van der Waals surface area contributed by atoms with Crippen molar-refractivity contribution in [3.63, 3.8) is 0 Å². The topological polar surface area (TPSA) is 67.9 Å². The molecule has 2 saturated carbocycles. The summed E-state index contributed by atoms with van der Waals surface area (Å²) in [4.78, 5) is 27.9. The molecule has 6 nitrogen and oxygen atoms in total. The first kappa shape index (κ1) is 21.8. The van der Waals surface area contributed by atoms with Crippen molar-refractivity contribution < 1.29 is 19.1 Å². The largest absolute Gasteiger partial charge is 0.493 e. The summed E-state index contributed by atoms with van der Waals surface area (Å²) in [6, 6.07) is 4.79. The first-order valence-electron chi connectivity index (χ1n) is 10.4. The fraction of sp³-hybridized carbons (Fsp3) is 0.636. The molecule has 0 unspecified atom stereocenters. The van der Waals surface area contributed by atoms with E-state index in [2.05, 4.69) is 12.2 Å². The van der Waals surface area contributed by atoms with Gasteiger partial charge >= 0.3 is 0 Å². The van der Waals surface area contributed by atoms with Gasteiger partial charge in [-0.05, 0) is 50.5 Å². The van der Waals surface area contributed by atoms with Crippen molar-refractivity contribution in [1.29, 1.82) is 0 Å². The van der Waals surface area contributed by atoms with Crippen LogP contribution < -0.4 is 14.8 Å². The van der Waals surface area contributed by atoms with Crippen LogP contribution in [0.3, 0.4) is 0 Å². The van der Waals surface area contributed by atoms with Crippen LogP contribution >= 0.6 is 11.6 Å². The number of nitrogens with zero attached hydrogens (tertiary/aromatic N) is 1. The molecule has 2 aliphatic rings. The van der Waals surface area contributed by atoms with E-state index >= 15 is 0 Å². The van der Waals surface area contributed by atoms with Crippen LogP contribution in [0.4, 0.5) is 0 Å². The first-order valence-corrected chi connectivity index (χ1v) is 10.9. The van der Waals surface area contributed by atoms with Gasteiger partial charge in [0.2, 0.25) is 11.8 Å². The smallest absolute Gasteiger partial charge is 0.247 e. The van der Waals surface area contributed by atoms with Gasteiger partial charge in [0.15, 0.2) is 11.5 Å². The normalized spacial score (nSPS) is 22.5. The number of nitrogens with one attached hydrogen (secondary N) is 1. The average molecular weight is 423 g/mol. The maximum absolute atomic E-state index is 13.5. The molecule has 3 rings (SSSR count). The summed E-state index contributed by atoms with van der Waals surface area (Å²) in [5, 5.41) is 3.20. The molecular formula is C22H31ClN2O4. The molecule has 1 aromatic rings. The zero-order valence-electron chi connectivity index (χ0n) is 17.4. The second kappa shape index (κ2) is 9.70. The standard InChI is InChI=1S/C22H31ClN2O4/c1-14-7-9-15(10-8-14)24-22(27)20(25(16-11-12-16)19(26)13-23)17-5-4-6-18(28-2)21(17)29-3/h4-6,14-16,20H,7-13H2,1-3H3,(H,24,27)/t14?,15?,20-/m0/s1. The van der Waals surface area contributed by atoms with Gasteiger partial charge in [0, 0.05) is 17.6 Å². The van der Waals surface area contributed by atoms with Crippen molar-refractivity contribution in [2.45, 2.75) is 63.6 Å². The van der Waals surface area contributed by atoms with Crippen molar-refractivity contribution >= 4 is 23.4 Å². The number of carbonyl (C=O) groups is 2.